The number of nitrogens with zero attached hydrogens (tertiary/aromatic N) is 3. The summed E-state index contributed by atoms with van der Waals surface area (Å²) < 4.78 is 13.4. The summed E-state index contributed by atoms with van der Waals surface area (Å²) in [6.45, 7) is 2.18. The highest BCUT2D eigenvalue weighted by Crippen LogP contribution is 2.37. The lowest BCUT2D eigenvalue weighted by atomic mass is 10.1. The van der Waals surface area contributed by atoms with Crippen LogP contribution in [0.4, 0.5) is 0 Å². The SMILES string of the molecule is COc1cc(/C=N/NC(=O)Cn2cnc3scc(-c4ccc(C)cc4)c3c2=O)cc(Br)c1OCc1ccccc1. The number of nitrogens with one attached hydrogen (secondary N) is 1. The summed E-state index contributed by atoms with van der Waals surface area (Å²) in [6.07, 6.45) is 2.88. The number of hydrazone groups is 1. The topological polar surface area (TPSA) is 94.8 Å². The Labute approximate surface area is 243 Å². The fraction of sp³-hybridized carbons (Fsp3) is 0.133. The van der Waals surface area contributed by atoms with Crippen molar-refractivity contribution in [2.24, 2.45) is 5.10 Å². The number of thiophene rings is 1. The third kappa shape index (κ3) is 6.13. The molecule has 0 saturated heterocycles. The van der Waals surface area contributed by atoms with E-state index in [0.717, 1.165) is 22.3 Å². The highest BCUT2D eigenvalue weighted by Gasteiger charge is 2.15. The minimum atomic E-state index is -0.458. The summed E-state index contributed by atoms with van der Waals surface area (Å²) in [5.74, 6) is 0.623. The number of hydrogen-bond acceptors (Lipinski definition) is 7. The van der Waals surface area contributed by atoms with E-state index in [4.69, 9.17) is 9.47 Å². The zero-order valence-corrected chi connectivity index (χ0v) is 24.2. The number of carbonyl (C=O) groups is 1. The fourth-order valence-electron chi connectivity index (χ4n) is 4.08. The number of hydrogen-bond donors (Lipinski definition) is 1. The molecule has 1 amide bonds. The van der Waals surface area contributed by atoms with Crippen LogP contribution >= 0.6 is 27.3 Å². The van der Waals surface area contributed by atoms with Crippen LogP contribution in [0.3, 0.4) is 0 Å². The number of aromatic nitrogens is 2. The molecule has 0 saturated carbocycles. The normalized spacial score (nSPS) is 11.2. The third-order valence-electron chi connectivity index (χ3n) is 6.12. The van der Waals surface area contributed by atoms with Gasteiger partial charge in [-0.25, -0.2) is 10.4 Å². The molecule has 5 rings (SSSR count). The number of carbonyl (C=O) groups excluding carboxylic acids is 1. The largest absolute Gasteiger partial charge is 0.493 e. The van der Waals surface area contributed by atoms with Crippen LogP contribution in [0.5, 0.6) is 11.5 Å². The lowest BCUT2D eigenvalue weighted by Crippen LogP contribution is -2.30. The Morgan fingerprint density at radius 2 is 1.93 bits per heavy atom. The molecule has 0 bridgehead atoms. The van der Waals surface area contributed by atoms with Gasteiger partial charge in [-0.05, 0) is 51.7 Å². The van der Waals surface area contributed by atoms with E-state index < -0.39 is 5.91 Å². The summed E-state index contributed by atoms with van der Waals surface area (Å²) in [6, 6.07) is 21.3. The molecule has 3 aromatic carbocycles. The second-order valence-electron chi connectivity index (χ2n) is 8.97. The Kier molecular flexibility index (Phi) is 8.37. The first-order valence-corrected chi connectivity index (χ1v) is 14.0. The highest BCUT2D eigenvalue weighted by molar-refractivity contribution is 9.10. The van der Waals surface area contributed by atoms with E-state index >= 15 is 0 Å². The fourth-order valence-corrected chi connectivity index (χ4v) is 5.56. The molecule has 2 aromatic heterocycles. The number of ether oxygens (including phenoxy) is 2. The monoisotopic (exact) mass is 616 g/mol. The summed E-state index contributed by atoms with van der Waals surface area (Å²) >= 11 is 4.93. The van der Waals surface area contributed by atoms with Crippen molar-refractivity contribution in [1.29, 1.82) is 0 Å². The summed E-state index contributed by atoms with van der Waals surface area (Å²) in [5.41, 5.74) is 6.78. The average Bonchev–Trinajstić information content (AvgIpc) is 3.39. The van der Waals surface area contributed by atoms with E-state index in [2.05, 4.69) is 31.4 Å². The Balaban J connectivity index is 1.27. The summed E-state index contributed by atoms with van der Waals surface area (Å²) in [4.78, 5) is 30.9. The van der Waals surface area contributed by atoms with Crippen molar-refractivity contribution in [2.45, 2.75) is 20.1 Å². The molecule has 10 heteroatoms. The Morgan fingerprint density at radius 1 is 1.15 bits per heavy atom. The van der Waals surface area contributed by atoms with Gasteiger partial charge in [-0.2, -0.15) is 5.10 Å². The van der Waals surface area contributed by atoms with E-state index in [-0.39, 0.29) is 12.1 Å². The van der Waals surface area contributed by atoms with E-state index in [1.165, 1.54) is 28.4 Å². The predicted molar refractivity (Wildman–Crippen MR) is 161 cm³/mol. The standard InChI is InChI=1S/C30H25BrN4O4S/c1-19-8-10-22(11-9-19)23-17-40-29-27(23)30(37)35(18-32-29)15-26(36)34-33-14-21-12-24(31)28(25(13-21)38-2)39-16-20-6-4-3-5-7-20/h3-14,17-18H,15-16H2,1-2H3,(H,34,36)/b33-14+. The molecule has 1 N–H and O–H groups in total. The van der Waals surface area contributed by atoms with Gasteiger partial charge >= 0.3 is 0 Å². The molecule has 0 spiro atoms. The van der Waals surface area contributed by atoms with Crippen molar-refractivity contribution >= 4 is 49.6 Å². The molecule has 8 nitrogen and oxygen atoms in total. The minimum Gasteiger partial charge on any atom is -0.493 e. The van der Waals surface area contributed by atoms with Gasteiger partial charge in [-0.3, -0.25) is 14.2 Å². The van der Waals surface area contributed by atoms with Crippen molar-refractivity contribution in [2.75, 3.05) is 7.11 Å². The third-order valence-corrected chi connectivity index (χ3v) is 7.59. The summed E-state index contributed by atoms with van der Waals surface area (Å²) in [7, 11) is 1.56. The van der Waals surface area contributed by atoms with Crippen LogP contribution in [-0.4, -0.2) is 28.8 Å². The van der Waals surface area contributed by atoms with Gasteiger partial charge in [0.15, 0.2) is 11.5 Å². The van der Waals surface area contributed by atoms with Crippen LogP contribution in [0.25, 0.3) is 21.3 Å². The maximum atomic E-state index is 13.2. The van der Waals surface area contributed by atoms with E-state index in [1.54, 1.807) is 13.2 Å². The van der Waals surface area contributed by atoms with Crippen LogP contribution in [0, 0.1) is 6.92 Å². The van der Waals surface area contributed by atoms with Crippen molar-refractivity contribution in [3.05, 3.63) is 110 Å². The number of rotatable bonds is 9. The van der Waals surface area contributed by atoms with Crippen LogP contribution in [0.15, 0.2) is 92.8 Å². The van der Waals surface area contributed by atoms with Crippen molar-refractivity contribution in [3.63, 3.8) is 0 Å². The van der Waals surface area contributed by atoms with Gasteiger partial charge in [0, 0.05) is 10.9 Å². The number of halogens is 1. The molecule has 40 heavy (non-hydrogen) atoms. The van der Waals surface area contributed by atoms with Gasteiger partial charge in [-0.15, -0.1) is 11.3 Å². The molecule has 202 valence electrons. The number of methoxy groups -OCH3 is 1. The number of benzene rings is 3. The zero-order chi connectivity index (χ0) is 28.1. The molecule has 0 unspecified atom stereocenters. The number of amides is 1. The minimum absolute atomic E-state index is 0.221. The molecule has 0 radical (unpaired) electrons. The highest BCUT2D eigenvalue weighted by atomic mass is 79.9. The molecule has 2 heterocycles. The maximum absolute atomic E-state index is 13.2. The molecule has 0 fully saturated rings. The Morgan fingerprint density at radius 3 is 2.67 bits per heavy atom. The van der Waals surface area contributed by atoms with E-state index in [9.17, 15) is 9.59 Å². The first-order valence-electron chi connectivity index (χ1n) is 12.3. The molecule has 0 aliphatic carbocycles. The van der Waals surface area contributed by atoms with Crippen molar-refractivity contribution in [1.82, 2.24) is 15.0 Å². The van der Waals surface area contributed by atoms with Crippen molar-refractivity contribution < 1.29 is 14.3 Å². The first-order chi connectivity index (χ1) is 19.4. The second-order valence-corrected chi connectivity index (χ2v) is 10.7. The molecule has 5 aromatic rings. The quantitative estimate of drug-likeness (QED) is 0.163. The van der Waals surface area contributed by atoms with Gasteiger partial charge in [0.2, 0.25) is 0 Å². The van der Waals surface area contributed by atoms with Crippen LogP contribution in [-0.2, 0) is 17.9 Å². The Bertz CT molecular complexity index is 1750. The smallest absolute Gasteiger partial charge is 0.263 e. The van der Waals surface area contributed by atoms with Gasteiger partial charge in [0.1, 0.15) is 18.0 Å². The van der Waals surface area contributed by atoms with Crippen molar-refractivity contribution in [3.8, 4) is 22.6 Å². The number of aryl methyl sites for hydroxylation is 1. The van der Waals surface area contributed by atoms with Gasteiger partial charge in [0.05, 0.1) is 29.5 Å². The maximum Gasteiger partial charge on any atom is 0.263 e. The van der Waals surface area contributed by atoms with Crippen LogP contribution in [0.1, 0.15) is 16.7 Å². The Hall–Kier alpha value is -4.28. The molecular formula is C30H25BrN4O4S. The molecule has 0 aliphatic heterocycles. The molecule has 0 atom stereocenters. The molecular weight excluding hydrogens is 592 g/mol. The second kappa shape index (κ2) is 12.3. The first kappa shape index (κ1) is 27.3. The van der Waals surface area contributed by atoms with E-state index in [0.29, 0.717) is 38.4 Å². The van der Waals surface area contributed by atoms with Gasteiger partial charge < -0.3 is 9.47 Å². The molecule has 0 aliphatic rings. The number of fused-ring (bicyclic) bond motifs is 1. The van der Waals surface area contributed by atoms with E-state index in [1.807, 2.05) is 73.0 Å². The zero-order valence-electron chi connectivity index (χ0n) is 21.8. The lowest BCUT2D eigenvalue weighted by Gasteiger charge is -2.13. The average molecular weight is 618 g/mol. The van der Waals surface area contributed by atoms with Gasteiger partial charge in [0.25, 0.3) is 11.5 Å². The van der Waals surface area contributed by atoms with Crippen LogP contribution < -0.4 is 20.5 Å². The van der Waals surface area contributed by atoms with Gasteiger partial charge in [-0.1, -0.05) is 60.2 Å². The van der Waals surface area contributed by atoms with Crippen LogP contribution in [0.2, 0.25) is 0 Å². The summed E-state index contributed by atoms with van der Waals surface area (Å²) in [5, 5.41) is 6.48. The lowest BCUT2D eigenvalue weighted by molar-refractivity contribution is -0.121. The predicted octanol–water partition coefficient (Wildman–Crippen LogP) is 5.93.